The maximum atomic E-state index is 11.6. The third-order valence-electron chi connectivity index (χ3n) is 4.27. The largest absolute Gasteiger partial charge is 0.480 e. The van der Waals surface area contributed by atoms with Crippen LogP contribution >= 0.6 is 0 Å². The van der Waals surface area contributed by atoms with Crippen LogP contribution in [0.15, 0.2) is 0 Å². The Morgan fingerprint density at radius 2 is 1.31 bits per heavy atom. The smallest absolute Gasteiger partial charge is 0.328 e. The molecular weight excluding hydrogens is 336 g/mol. The summed E-state index contributed by atoms with van der Waals surface area (Å²) in [5.41, 5.74) is 0. The highest BCUT2D eigenvalue weighted by Crippen LogP contribution is 2.11. The first kappa shape index (κ1) is 24.4. The number of amides is 2. The second-order valence-electron chi connectivity index (χ2n) is 6.70. The van der Waals surface area contributed by atoms with Crippen LogP contribution in [-0.2, 0) is 14.4 Å². The molecule has 0 bridgehead atoms. The molecule has 0 fully saturated rings. The van der Waals surface area contributed by atoms with E-state index >= 15 is 0 Å². The Bertz CT molecular complexity index is 401. The molecule has 4 N–H and O–H groups in total. The maximum absolute atomic E-state index is 11.6. The van der Waals surface area contributed by atoms with Gasteiger partial charge in [-0.25, -0.2) is 4.79 Å². The van der Waals surface area contributed by atoms with Gasteiger partial charge < -0.3 is 20.8 Å². The van der Waals surface area contributed by atoms with Crippen LogP contribution in [0.5, 0.6) is 0 Å². The van der Waals surface area contributed by atoms with Crippen molar-refractivity contribution in [2.24, 2.45) is 0 Å². The molecule has 0 saturated carbocycles. The lowest BCUT2D eigenvalue weighted by Gasteiger charge is -2.12. The highest BCUT2D eigenvalue weighted by molar-refractivity contribution is 5.87. The van der Waals surface area contributed by atoms with Crippen LogP contribution in [0.2, 0.25) is 0 Å². The summed E-state index contributed by atoms with van der Waals surface area (Å²) in [5.74, 6) is -2.15. The van der Waals surface area contributed by atoms with Gasteiger partial charge in [0.1, 0.15) is 6.04 Å². The molecule has 2 amide bonds. The summed E-state index contributed by atoms with van der Waals surface area (Å²) < 4.78 is 0. The number of carboxylic acid groups (broad SMARTS) is 1. The second kappa shape index (κ2) is 16.8. The molecule has 0 aromatic carbocycles. The highest BCUT2D eigenvalue weighted by atomic mass is 16.4. The lowest BCUT2D eigenvalue weighted by atomic mass is 10.1. The van der Waals surface area contributed by atoms with Crippen LogP contribution in [-0.4, -0.2) is 47.2 Å². The zero-order valence-corrected chi connectivity index (χ0v) is 16.1. The van der Waals surface area contributed by atoms with Gasteiger partial charge in [0.05, 0.1) is 13.2 Å². The molecule has 0 saturated heterocycles. The average molecular weight is 373 g/mol. The van der Waals surface area contributed by atoms with Crippen LogP contribution in [0.1, 0.15) is 84.0 Å². The Morgan fingerprint density at radius 3 is 1.77 bits per heavy atom. The van der Waals surface area contributed by atoms with Crippen molar-refractivity contribution < 1.29 is 24.6 Å². The number of hydrogen-bond acceptors (Lipinski definition) is 4. The Kier molecular flexibility index (Phi) is 15.8. The van der Waals surface area contributed by atoms with Gasteiger partial charge in [-0.2, -0.15) is 0 Å². The normalized spacial score (nSPS) is 11.8. The van der Waals surface area contributed by atoms with Crippen LogP contribution in [0.25, 0.3) is 0 Å². The van der Waals surface area contributed by atoms with Gasteiger partial charge in [-0.05, 0) is 6.42 Å². The number of carbonyl (C=O) groups is 3. The van der Waals surface area contributed by atoms with E-state index in [9.17, 15) is 14.4 Å². The number of aliphatic hydroxyl groups is 1. The Balaban J connectivity index is 3.49. The summed E-state index contributed by atoms with van der Waals surface area (Å²) in [7, 11) is 0. The van der Waals surface area contributed by atoms with Crippen LogP contribution in [0.4, 0.5) is 0 Å². The van der Waals surface area contributed by atoms with Crippen molar-refractivity contribution in [2.45, 2.75) is 90.0 Å². The van der Waals surface area contributed by atoms with E-state index in [1.165, 1.54) is 51.4 Å². The molecule has 0 aromatic heterocycles. The van der Waals surface area contributed by atoms with Crippen LogP contribution < -0.4 is 10.6 Å². The van der Waals surface area contributed by atoms with Crippen molar-refractivity contribution in [1.29, 1.82) is 0 Å². The molecule has 26 heavy (non-hydrogen) atoms. The van der Waals surface area contributed by atoms with Crippen LogP contribution in [0.3, 0.4) is 0 Å². The molecule has 152 valence electrons. The van der Waals surface area contributed by atoms with Gasteiger partial charge in [0.2, 0.25) is 11.8 Å². The van der Waals surface area contributed by atoms with Crippen molar-refractivity contribution in [3.8, 4) is 0 Å². The second-order valence-corrected chi connectivity index (χ2v) is 6.70. The molecule has 0 aliphatic rings. The Hall–Kier alpha value is -1.63. The van der Waals surface area contributed by atoms with E-state index in [1.807, 2.05) is 0 Å². The summed E-state index contributed by atoms with van der Waals surface area (Å²) in [5, 5.41) is 22.1. The fraction of sp³-hybridized carbons (Fsp3) is 0.842. The molecule has 0 aliphatic heterocycles. The summed E-state index contributed by atoms with van der Waals surface area (Å²) in [6.07, 6.45) is 13.7. The van der Waals surface area contributed by atoms with Gasteiger partial charge in [-0.1, -0.05) is 71.1 Å². The first-order valence-corrected chi connectivity index (χ1v) is 9.91. The number of unbranched alkanes of at least 4 members (excludes halogenated alkanes) is 10. The summed E-state index contributed by atoms with van der Waals surface area (Å²) >= 11 is 0. The molecule has 7 heteroatoms. The standard InChI is InChI=1S/C19H36N2O5/c1-2-3-4-5-6-7-8-9-10-11-12-13-17(23)20-14-18(24)21-16(15-22)19(25)26/h16,22H,2-15H2,1H3,(H,20,23)(H,21,24)(H,25,26). The van der Waals surface area contributed by atoms with Crippen molar-refractivity contribution in [3.63, 3.8) is 0 Å². The zero-order chi connectivity index (χ0) is 19.6. The molecule has 7 nitrogen and oxygen atoms in total. The quantitative estimate of drug-likeness (QED) is 0.293. The molecule has 0 rings (SSSR count). The number of aliphatic hydroxyl groups excluding tert-OH is 1. The highest BCUT2D eigenvalue weighted by Gasteiger charge is 2.18. The van der Waals surface area contributed by atoms with Crippen molar-refractivity contribution >= 4 is 17.8 Å². The predicted octanol–water partition coefficient (Wildman–Crippen LogP) is 2.37. The van der Waals surface area contributed by atoms with E-state index in [-0.39, 0.29) is 12.5 Å². The minimum absolute atomic E-state index is 0.216. The number of carboxylic acids is 1. The molecule has 0 heterocycles. The van der Waals surface area contributed by atoms with E-state index < -0.39 is 24.5 Å². The minimum atomic E-state index is -1.34. The van der Waals surface area contributed by atoms with Crippen molar-refractivity contribution in [3.05, 3.63) is 0 Å². The third-order valence-corrected chi connectivity index (χ3v) is 4.27. The number of rotatable bonds is 17. The van der Waals surface area contributed by atoms with Gasteiger partial charge in [-0.3, -0.25) is 9.59 Å². The zero-order valence-electron chi connectivity index (χ0n) is 16.1. The van der Waals surface area contributed by atoms with Gasteiger partial charge >= 0.3 is 5.97 Å². The number of hydrogen-bond donors (Lipinski definition) is 4. The van der Waals surface area contributed by atoms with Crippen LogP contribution in [0, 0.1) is 0 Å². The summed E-state index contributed by atoms with van der Waals surface area (Å²) in [6, 6.07) is -1.34. The molecule has 1 atom stereocenters. The molecule has 1 unspecified atom stereocenters. The first-order chi connectivity index (χ1) is 12.5. The van der Waals surface area contributed by atoms with Gasteiger partial charge in [-0.15, -0.1) is 0 Å². The fourth-order valence-electron chi connectivity index (χ4n) is 2.65. The number of aliphatic carboxylic acids is 1. The van der Waals surface area contributed by atoms with Crippen molar-refractivity contribution in [1.82, 2.24) is 10.6 Å². The molecular formula is C19H36N2O5. The first-order valence-electron chi connectivity index (χ1n) is 9.91. The van der Waals surface area contributed by atoms with E-state index in [4.69, 9.17) is 10.2 Å². The van der Waals surface area contributed by atoms with Gasteiger partial charge in [0.15, 0.2) is 0 Å². The van der Waals surface area contributed by atoms with Crippen molar-refractivity contribution in [2.75, 3.05) is 13.2 Å². The third kappa shape index (κ3) is 14.7. The Labute approximate surface area is 156 Å². The number of nitrogens with one attached hydrogen (secondary N) is 2. The molecule has 0 spiro atoms. The minimum Gasteiger partial charge on any atom is -0.480 e. The predicted molar refractivity (Wildman–Crippen MR) is 101 cm³/mol. The topological polar surface area (TPSA) is 116 Å². The summed E-state index contributed by atoms with van der Waals surface area (Å²) in [4.78, 5) is 33.8. The fourth-order valence-corrected chi connectivity index (χ4v) is 2.65. The summed E-state index contributed by atoms with van der Waals surface area (Å²) in [6.45, 7) is 1.26. The molecule has 0 aliphatic carbocycles. The monoisotopic (exact) mass is 372 g/mol. The van der Waals surface area contributed by atoms with E-state index in [0.29, 0.717) is 6.42 Å². The van der Waals surface area contributed by atoms with Gasteiger partial charge in [0.25, 0.3) is 0 Å². The van der Waals surface area contributed by atoms with Gasteiger partial charge in [0, 0.05) is 6.42 Å². The molecule has 0 aromatic rings. The van der Waals surface area contributed by atoms with E-state index in [0.717, 1.165) is 19.3 Å². The van der Waals surface area contributed by atoms with E-state index in [1.54, 1.807) is 0 Å². The maximum Gasteiger partial charge on any atom is 0.328 e. The number of carbonyl (C=O) groups excluding carboxylic acids is 2. The van der Waals surface area contributed by atoms with E-state index in [2.05, 4.69) is 17.6 Å². The SMILES string of the molecule is CCCCCCCCCCCCCC(=O)NCC(=O)NC(CO)C(=O)O. The Morgan fingerprint density at radius 1 is 0.808 bits per heavy atom. The molecule has 0 radical (unpaired) electrons. The lowest BCUT2D eigenvalue weighted by Crippen LogP contribution is -2.47. The lowest BCUT2D eigenvalue weighted by molar-refractivity contribution is -0.142. The average Bonchev–Trinajstić information content (AvgIpc) is 2.62.